The normalized spacial score (nSPS) is 21.3. The number of nitrogens with one attached hydrogen (secondary N) is 2. The van der Waals surface area contributed by atoms with Crippen molar-refractivity contribution in [1.29, 1.82) is 0 Å². The van der Waals surface area contributed by atoms with Crippen molar-refractivity contribution in [2.75, 3.05) is 30.4 Å². The molecule has 0 radical (unpaired) electrons. The maximum atomic E-state index is 13.7. The predicted molar refractivity (Wildman–Crippen MR) is 66.0 cm³/mol. The van der Waals surface area contributed by atoms with Gasteiger partial charge in [0, 0.05) is 19.8 Å². The Hall–Kier alpha value is -1.69. The maximum Gasteiger partial charge on any atom is 0.232 e. The number of hydrogen-bond donors (Lipinski definition) is 2. The van der Waals surface area contributed by atoms with Crippen LogP contribution in [0, 0.1) is 17.0 Å². The lowest BCUT2D eigenvalue weighted by Gasteiger charge is -2.34. The molecule has 0 aliphatic carbocycles. The van der Waals surface area contributed by atoms with E-state index in [1.54, 1.807) is 0 Å². The molecule has 19 heavy (non-hydrogen) atoms. The van der Waals surface area contributed by atoms with Crippen molar-refractivity contribution in [1.82, 2.24) is 0 Å². The Kier molecular flexibility index (Phi) is 2.89. The van der Waals surface area contributed by atoms with Crippen molar-refractivity contribution in [2.24, 2.45) is 5.41 Å². The van der Waals surface area contributed by atoms with E-state index in [0.29, 0.717) is 26.1 Å². The van der Waals surface area contributed by atoms with Gasteiger partial charge < -0.3 is 15.4 Å². The third-order valence-electron chi connectivity index (χ3n) is 3.88. The minimum Gasteiger partial charge on any atom is -0.381 e. The van der Waals surface area contributed by atoms with E-state index in [-0.39, 0.29) is 23.8 Å². The Labute approximate surface area is 109 Å². The average Bonchev–Trinajstić information content (AvgIpc) is 2.55. The van der Waals surface area contributed by atoms with Crippen LogP contribution in [-0.4, -0.2) is 25.7 Å². The first-order valence-corrected chi connectivity index (χ1v) is 6.23. The monoisotopic (exact) mass is 268 g/mol. The van der Waals surface area contributed by atoms with Crippen molar-refractivity contribution in [3.05, 3.63) is 23.8 Å². The maximum absolute atomic E-state index is 13.7. The highest BCUT2D eigenvalue weighted by Gasteiger charge is 2.42. The van der Waals surface area contributed by atoms with Crippen molar-refractivity contribution < 1.29 is 18.3 Å². The quantitative estimate of drug-likeness (QED) is 0.758. The van der Waals surface area contributed by atoms with Gasteiger partial charge >= 0.3 is 0 Å². The summed E-state index contributed by atoms with van der Waals surface area (Å²) in [6.07, 6.45) is 1.15. The molecule has 2 aliphatic rings. The third-order valence-corrected chi connectivity index (χ3v) is 3.88. The SMILES string of the molecule is O=C1Nc2ccc(F)c(F)c2NCC12CCOCC2. The molecule has 1 aromatic carbocycles. The number of fused-ring (bicyclic) bond motifs is 1. The molecule has 2 aliphatic heterocycles. The van der Waals surface area contributed by atoms with Gasteiger partial charge in [0.15, 0.2) is 11.6 Å². The van der Waals surface area contributed by atoms with E-state index in [9.17, 15) is 13.6 Å². The molecule has 3 rings (SSSR count). The standard InChI is InChI=1S/C13H14F2N2O2/c14-8-1-2-9-11(10(8)15)16-7-13(12(18)17-9)3-5-19-6-4-13/h1-2,16H,3-7H2,(H,17,18). The number of carbonyl (C=O) groups excluding carboxylic acids is 1. The fourth-order valence-corrected chi connectivity index (χ4v) is 2.59. The number of anilines is 2. The molecule has 102 valence electrons. The van der Waals surface area contributed by atoms with Gasteiger partial charge in [-0.2, -0.15) is 0 Å². The van der Waals surface area contributed by atoms with Crippen LogP contribution >= 0.6 is 0 Å². The van der Waals surface area contributed by atoms with Gasteiger partial charge in [0.05, 0.1) is 16.8 Å². The largest absolute Gasteiger partial charge is 0.381 e. The van der Waals surface area contributed by atoms with E-state index < -0.39 is 17.0 Å². The Bertz CT molecular complexity index is 528. The average molecular weight is 268 g/mol. The Balaban J connectivity index is 1.97. The molecule has 2 N–H and O–H groups in total. The highest BCUT2D eigenvalue weighted by molar-refractivity contribution is 6.00. The van der Waals surface area contributed by atoms with Crippen LogP contribution in [0.5, 0.6) is 0 Å². The topological polar surface area (TPSA) is 50.4 Å². The molecule has 1 amide bonds. The number of carbonyl (C=O) groups is 1. The van der Waals surface area contributed by atoms with Crippen molar-refractivity contribution in [2.45, 2.75) is 12.8 Å². The molecule has 0 atom stereocenters. The van der Waals surface area contributed by atoms with Crippen LogP contribution in [0.2, 0.25) is 0 Å². The van der Waals surface area contributed by atoms with Gasteiger partial charge in [-0.05, 0) is 25.0 Å². The number of benzene rings is 1. The molecular formula is C13H14F2N2O2. The molecule has 0 bridgehead atoms. The van der Waals surface area contributed by atoms with Gasteiger partial charge in [0.2, 0.25) is 5.91 Å². The summed E-state index contributed by atoms with van der Waals surface area (Å²) in [5.41, 5.74) is -0.302. The molecular weight excluding hydrogens is 254 g/mol. The number of hydrogen-bond acceptors (Lipinski definition) is 3. The first-order chi connectivity index (χ1) is 9.12. The highest BCUT2D eigenvalue weighted by Crippen LogP contribution is 2.38. The molecule has 1 spiro atoms. The molecule has 0 saturated carbocycles. The molecule has 4 nitrogen and oxygen atoms in total. The summed E-state index contributed by atoms with van der Waals surface area (Å²) in [7, 11) is 0. The Morgan fingerprint density at radius 2 is 1.95 bits per heavy atom. The van der Waals surface area contributed by atoms with Crippen LogP contribution in [0.25, 0.3) is 0 Å². The van der Waals surface area contributed by atoms with E-state index in [0.717, 1.165) is 6.07 Å². The summed E-state index contributed by atoms with van der Waals surface area (Å²) >= 11 is 0. The minimum absolute atomic E-state index is 0.0247. The number of amides is 1. The van der Waals surface area contributed by atoms with Gasteiger partial charge in [-0.3, -0.25) is 4.79 Å². The van der Waals surface area contributed by atoms with Crippen LogP contribution in [0.1, 0.15) is 12.8 Å². The van der Waals surface area contributed by atoms with E-state index in [1.807, 2.05) is 0 Å². The number of ether oxygens (including phenoxy) is 1. The zero-order valence-electron chi connectivity index (χ0n) is 10.3. The second kappa shape index (κ2) is 4.45. The smallest absolute Gasteiger partial charge is 0.232 e. The molecule has 2 heterocycles. The van der Waals surface area contributed by atoms with E-state index >= 15 is 0 Å². The molecule has 1 saturated heterocycles. The van der Waals surface area contributed by atoms with Gasteiger partial charge in [0.1, 0.15) is 0 Å². The van der Waals surface area contributed by atoms with Crippen molar-refractivity contribution >= 4 is 17.3 Å². The summed E-state index contributed by atoms with van der Waals surface area (Å²) in [5.74, 6) is -2.04. The zero-order valence-corrected chi connectivity index (χ0v) is 10.3. The summed E-state index contributed by atoms with van der Waals surface area (Å²) < 4.78 is 32.2. The number of halogens is 2. The predicted octanol–water partition coefficient (Wildman–Crippen LogP) is 2.13. The van der Waals surface area contributed by atoms with Gasteiger partial charge in [-0.15, -0.1) is 0 Å². The van der Waals surface area contributed by atoms with E-state index in [2.05, 4.69) is 10.6 Å². The molecule has 0 aromatic heterocycles. The lowest BCUT2D eigenvalue weighted by Crippen LogP contribution is -2.44. The van der Waals surface area contributed by atoms with E-state index in [4.69, 9.17) is 4.74 Å². The molecule has 6 heteroatoms. The lowest BCUT2D eigenvalue weighted by molar-refractivity contribution is -0.129. The Morgan fingerprint density at radius 3 is 2.68 bits per heavy atom. The van der Waals surface area contributed by atoms with Crippen LogP contribution in [0.15, 0.2) is 12.1 Å². The molecule has 1 aromatic rings. The van der Waals surface area contributed by atoms with Crippen molar-refractivity contribution in [3.63, 3.8) is 0 Å². The molecule has 1 fully saturated rings. The third kappa shape index (κ3) is 1.96. The summed E-state index contributed by atoms with van der Waals surface area (Å²) in [6.45, 7) is 1.29. The van der Waals surface area contributed by atoms with Crippen LogP contribution in [-0.2, 0) is 9.53 Å². The first kappa shape index (κ1) is 12.3. The highest BCUT2D eigenvalue weighted by atomic mass is 19.2. The zero-order chi connectivity index (χ0) is 13.5. The van der Waals surface area contributed by atoms with Crippen LogP contribution in [0.4, 0.5) is 20.2 Å². The summed E-state index contributed by atoms with van der Waals surface area (Å²) in [5, 5.41) is 5.56. The lowest BCUT2D eigenvalue weighted by atomic mass is 9.79. The second-order valence-corrected chi connectivity index (χ2v) is 4.98. The summed E-state index contributed by atoms with van der Waals surface area (Å²) in [6, 6.07) is 2.38. The van der Waals surface area contributed by atoms with Gasteiger partial charge in [-0.25, -0.2) is 8.78 Å². The van der Waals surface area contributed by atoms with E-state index in [1.165, 1.54) is 6.07 Å². The van der Waals surface area contributed by atoms with Gasteiger partial charge in [-0.1, -0.05) is 0 Å². The van der Waals surface area contributed by atoms with Gasteiger partial charge in [0.25, 0.3) is 0 Å². The first-order valence-electron chi connectivity index (χ1n) is 6.23. The fourth-order valence-electron chi connectivity index (χ4n) is 2.59. The van der Waals surface area contributed by atoms with Crippen LogP contribution in [0.3, 0.4) is 0 Å². The number of rotatable bonds is 0. The second-order valence-electron chi connectivity index (χ2n) is 4.98. The Morgan fingerprint density at radius 1 is 1.21 bits per heavy atom. The molecule has 0 unspecified atom stereocenters. The summed E-state index contributed by atoms with van der Waals surface area (Å²) in [4.78, 5) is 12.3. The van der Waals surface area contributed by atoms with Crippen molar-refractivity contribution in [3.8, 4) is 0 Å². The minimum atomic E-state index is -0.957. The van der Waals surface area contributed by atoms with Crippen LogP contribution < -0.4 is 10.6 Å². The fraction of sp³-hybridized carbons (Fsp3) is 0.462.